The number of carbonyl (C=O) groups excluding carboxylic acids is 2. The van der Waals surface area contributed by atoms with Gasteiger partial charge in [-0.05, 0) is 42.3 Å². The van der Waals surface area contributed by atoms with Crippen LogP contribution < -0.4 is 20.1 Å². The molecule has 0 saturated carbocycles. The summed E-state index contributed by atoms with van der Waals surface area (Å²) < 4.78 is 10.4. The molecule has 0 spiro atoms. The summed E-state index contributed by atoms with van der Waals surface area (Å²) in [5.74, 6) is 0.407. The predicted octanol–water partition coefficient (Wildman–Crippen LogP) is 3.31. The first-order chi connectivity index (χ1) is 12.4. The van der Waals surface area contributed by atoms with Gasteiger partial charge in [0.2, 0.25) is 11.8 Å². The summed E-state index contributed by atoms with van der Waals surface area (Å²) in [5.41, 5.74) is 2.19. The maximum absolute atomic E-state index is 12.0. The molecule has 0 saturated heterocycles. The second kappa shape index (κ2) is 9.10. The van der Waals surface area contributed by atoms with E-state index in [2.05, 4.69) is 10.6 Å². The van der Waals surface area contributed by atoms with Crippen molar-refractivity contribution in [2.75, 3.05) is 19.5 Å². The molecule has 138 valence electrons. The Bertz CT molecular complexity index is 808. The molecule has 2 aromatic carbocycles. The third-order valence-electron chi connectivity index (χ3n) is 3.80. The van der Waals surface area contributed by atoms with E-state index in [-0.39, 0.29) is 18.9 Å². The maximum atomic E-state index is 12.0. The summed E-state index contributed by atoms with van der Waals surface area (Å²) in [6.45, 7) is 2.08. The molecule has 2 amide bonds. The largest absolute Gasteiger partial charge is 0.493 e. The van der Waals surface area contributed by atoms with E-state index < -0.39 is 5.91 Å². The summed E-state index contributed by atoms with van der Waals surface area (Å²) in [6.07, 6.45) is -0.279. The average molecular weight is 377 g/mol. The van der Waals surface area contributed by atoms with Crippen LogP contribution in [0.5, 0.6) is 11.5 Å². The standard InChI is InChI=1S/C19H21ClN2O4/c1-12-14(20)5-4-6-15(12)22-19(24)10-18(23)21-11-13-7-8-16(25-2)17(9-13)26-3/h4-9H,10-11H2,1-3H3,(H,21,23)(H,22,24). The first-order valence-electron chi connectivity index (χ1n) is 7.97. The van der Waals surface area contributed by atoms with Crippen LogP contribution in [0.25, 0.3) is 0 Å². The molecule has 6 nitrogen and oxygen atoms in total. The zero-order valence-corrected chi connectivity index (χ0v) is 15.6. The third-order valence-corrected chi connectivity index (χ3v) is 4.21. The van der Waals surface area contributed by atoms with Gasteiger partial charge in [-0.25, -0.2) is 0 Å². The van der Waals surface area contributed by atoms with E-state index in [1.165, 1.54) is 0 Å². The number of amides is 2. The van der Waals surface area contributed by atoms with Crippen molar-refractivity contribution >= 4 is 29.1 Å². The van der Waals surface area contributed by atoms with Gasteiger partial charge in [-0.15, -0.1) is 0 Å². The normalized spacial score (nSPS) is 10.2. The van der Waals surface area contributed by atoms with Crippen molar-refractivity contribution < 1.29 is 19.1 Å². The molecular weight excluding hydrogens is 356 g/mol. The van der Waals surface area contributed by atoms with Gasteiger partial charge < -0.3 is 20.1 Å². The van der Waals surface area contributed by atoms with Crippen LogP contribution in [-0.2, 0) is 16.1 Å². The van der Waals surface area contributed by atoms with Crippen molar-refractivity contribution in [2.24, 2.45) is 0 Å². The summed E-state index contributed by atoms with van der Waals surface area (Å²) in [4.78, 5) is 24.0. The molecule has 7 heteroatoms. The summed E-state index contributed by atoms with van der Waals surface area (Å²) in [6, 6.07) is 10.6. The Balaban J connectivity index is 1.88. The van der Waals surface area contributed by atoms with Gasteiger partial charge in [-0.3, -0.25) is 9.59 Å². The fraction of sp³-hybridized carbons (Fsp3) is 0.263. The summed E-state index contributed by atoms with van der Waals surface area (Å²) in [7, 11) is 3.10. The highest BCUT2D eigenvalue weighted by Crippen LogP contribution is 2.27. The lowest BCUT2D eigenvalue weighted by molar-refractivity contribution is -0.126. The zero-order valence-electron chi connectivity index (χ0n) is 14.9. The Morgan fingerprint density at radius 2 is 1.77 bits per heavy atom. The number of benzene rings is 2. The fourth-order valence-corrected chi connectivity index (χ4v) is 2.51. The Morgan fingerprint density at radius 3 is 2.46 bits per heavy atom. The van der Waals surface area contributed by atoms with Gasteiger partial charge in [-0.2, -0.15) is 0 Å². The molecule has 26 heavy (non-hydrogen) atoms. The Kier molecular flexibility index (Phi) is 6.86. The highest BCUT2D eigenvalue weighted by Gasteiger charge is 2.12. The van der Waals surface area contributed by atoms with Crippen LogP contribution in [-0.4, -0.2) is 26.0 Å². The fourth-order valence-electron chi connectivity index (χ4n) is 2.34. The lowest BCUT2D eigenvalue weighted by atomic mass is 10.2. The number of halogens is 1. The number of ether oxygens (including phenoxy) is 2. The first-order valence-corrected chi connectivity index (χ1v) is 8.35. The molecule has 0 aromatic heterocycles. The van der Waals surface area contributed by atoms with Gasteiger partial charge in [0.05, 0.1) is 14.2 Å². The molecule has 0 fully saturated rings. The van der Waals surface area contributed by atoms with Crippen molar-refractivity contribution in [3.63, 3.8) is 0 Å². The lowest BCUT2D eigenvalue weighted by Crippen LogP contribution is -2.27. The monoisotopic (exact) mass is 376 g/mol. The minimum absolute atomic E-state index is 0.279. The van der Waals surface area contributed by atoms with Crippen LogP contribution in [0.15, 0.2) is 36.4 Å². The van der Waals surface area contributed by atoms with Crippen LogP contribution in [0.2, 0.25) is 5.02 Å². The summed E-state index contributed by atoms with van der Waals surface area (Å²) in [5, 5.41) is 5.96. The van der Waals surface area contributed by atoms with E-state index in [4.69, 9.17) is 21.1 Å². The number of hydrogen-bond acceptors (Lipinski definition) is 4. The van der Waals surface area contributed by atoms with Crippen molar-refractivity contribution in [1.82, 2.24) is 5.32 Å². The molecule has 0 unspecified atom stereocenters. The number of nitrogens with one attached hydrogen (secondary N) is 2. The molecule has 0 aliphatic carbocycles. The van der Waals surface area contributed by atoms with E-state index in [0.717, 1.165) is 11.1 Å². The zero-order chi connectivity index (χ0) is 19.1. The van der Waals surface area contributed by atoms with Crippen molar-refractivity contribution in [2.45, 2.75) is 19.9 Å². The molecule has 2 N–H and O–H groups in total. The Labute approximate surface area is 157 Å². The molecule has 2 rings (SSSR count). The molecule has 0 aliphatic heterocycles. The quantitative estimate of drug-likeness (QED) is 0.727. The molecule has 0 radical (unpaired) electrons. The second-order valence-corrected chi connectivity index (χ2v) is 6.01. The lowest BCUT2D eigenvalue weighted by Gasteiger charge is -2.11. The van der Waals surface area contributed by atoms with Crippen molar-refractivity contribution in [3.05, 3.63) is 52.5 Å². The van der Waals surface area contributed by atoms with E-state index in [1.54, 1.807) is 51.5 Å². The van der Waals surface area contributed by atoms with Crippen molar-refractivity contribution in [3.8, 4) is 11.5 Å². The minimum atomic E-state index is -0.403. The second-order valence-electron chi connectivity index (χ2n) is 5.60. The van der Waals surface area contributed by atoms with Gasteiger partial charge in [0.15, 0.2) is 11.5 Å². The van der Waals surface area contributed by atoms with Gasteiger partial charge in [0.25, 0.3) is 0 Å². The van der Waals surface area contributed by atoms with Gasteiger partial charge in [-0.1, -0.05) is 23.7 Å². The number of methoxy groups -OCH3 is 2. The van der Waals surface area contributed by atoms with E-state index in [9.17, 15) is 9.59 Å². The third kappa shape index (κ3) is 5.13. The Morgan fingerprint density at radius 1 is 1.04 bits per heavy atom. The molecule has 0 aliphatic rings. The minimum Gasteiger partial charge on any atom is -0.493 e. The average Bonchev–Trinajstić information content (AvgIpc) is 2.63. The smallest absolute Gasteiger partial charge is 0.233 e. The Hall–Kier alpha value is -2.73. The number of anilines is 1. The highest BCUT2D eigenvalue weighted by atomic mass is 35.5. The van der Waals surface area contributed by atoms with Crippen LogP contribution in [0.1, 0.15) is 17.5 Å². The molecule has 0 atom stereocenters. The van der Waals surface area contributed by atoms with Gasteiger partial charge >= 0.3 is 0 Å². The van der Waals surface area contributed by atoms with Crippen LogP contribution in [0, 0.1) is 6.92 Å². The van der Waals surface area contributed by atoms with Gasteiger partial charge in [0.1, 0.15) is 6.42 Å². The maximum Gasteiger partial charge on any atom is 0.233 e. The molecular formula is C19H21ClN2O4. The number of rotatable bonds is 7. The van der Waals surface area contributed by atoms with Gasteiger partial charge in [0, 0.05) is 17.3 Å². The van der Waals surface area contributed by atoms with Crippen LogP contribution in [0.4, 0.5) is 5.69 Å². The van der Waals surface area contributed by atoms with Crippen molar-refractivity contribution in [1.29, 1.82) is 0 Å². The van der Waals surface area contributed by atoms with Crippen LogP contribution in [0.3, 0.4) is 0 Å². The van der Waals surface area contributed by atoms with E-state index >= 15 is 0 Å². The van der Waals surface area contributed by atoms with E-state index in [1.807, 2.05) is 6.07 Å². The molecule has 0 heterocycles. The van der Waals surface area contributed by atoms with Crippen LogP contribution >= 0.6 is 11.6 Å². The number of hydrogen-bond donors (Lipinski definition) is 2. The predicted molar refractivity (Wildman–Crippen MR) is 101 cm³/mol. The number of carbonyl (C=O) groups is 2. The molecule has 2 aromatic rings. The highest BCUT2D eigenvalue weighted by molar-refractivity contribution is 6.31. The topological polar surface area (TPSA) is 76.7 Å². The first kappa shape index (κ1) is 19.6. The summed E-state index contributed by atoms with van der Waals surface area (Å²) >= 11 is 6.02. The SMILES string of the molecule is COc1ccc(CNC(=O)CC(=O)Nc2cccc(Cl)c2C)cc1OC. The molecule has 0 bridgehead atoms. The van der Waals surface area contributed by atoms with E-state index in [0.29, 0.717) is 22.2 Å².